The van der Waals surface area contributed by atoms with E-state index < -0.39 is 0 Å². The lowest BCUT2D eigenvalue weighted by Crippen LogP contribution is -2.46. The maximum Gasteiger partial charge on any atom is 0.128 e. The van der Waals surface area contributed by atoms with Gasteiger partial charge in [-0.1, -0.05) is 24.6 Å². The van der Waals surface area contributed by atoms with Crippen LogP contribution in [0.15, 0.2) is 18.2 Å². The number of piperidine rings is 1. The van der Waals surface area contributed by atoms with Crippen molar-refractivity contribution in [3.63, 3.8) is 0 Å². The van der Waals surface area contributed by atoms with E-state index in [0.29, 0.717) is 18.5 Å². The zero-order valence-electron chi connectivity index (χ0n) is 12.2. The lowest BCUT2D eigenvalue weighted by atomic mass is 9.89. The van der Waals surface area contributed by atoms with Crippen LogP contribution in [0.1, 0.15) is 43.9 Å². The summed E-state index contributed by atoms with van der Waals surface area (Å²) in [5.41, 5.74) is 7.80. The highest BCUT2D eigenvalue weighted by molar-refractivity contribution is 5.27. The Bertz CT molecular complexity index is 433. The number of hydrogen-bond donors (Lipinski definition) is 1. The van der Waals surface area contributed by atoms with Crippen molar-refractivity contribution in [2.45, 2.75) is 45.7 Å². The zero-order chi connectivity index (χ0) is 14.0. The number of aryl methyl sites for hydroxylation is 1. The summed E-state index contributed by atoms with van der Waals surface area (Å²) in [5.74, 6) is 0.516. The van der Waals surface area contributed by atoms with Gasteiger partial charge in [0.05, 0.1) is 6.04 Å². The van der Waals surface area contributed by atoms with E-state index in [-0.39, 0.29) is 11.9 Å². The molecule has 0 bridgehead atoms. The summed E-state index contributed by atoms with van der Waals surface area (Å²) < 4.78 is 14.1. The topological polar surface area (TPSA) is 29.3 Å². The molecule has 2 nitrogen and oxygen atoms in total. The zero-order valence-corrected chi connectivity index (χ0v) is 12.2. The third-order valence-electron chi connectivity index (χ3n) is 4.56. The van der Waals surface area contributed by atoms with Crippen molar-refractivity contribution < 1.29 is 4.39 Å². The summed E-state index contributed by atoms with van der Waals surface area (Å²) in [6.45, 7) is 7.99. The second-order valence-corrected chi connectivity index (χ2v) is 5.87. The van der Waals surface area contributed by atoms with Crippen molar-refractivity contribution >= 4 is 0 Å². The minimum atomic E-state index is -0.133. The first kappa shape index (κ1) is 14.5. The number of rotatable bonds is 3. The monoisotopic (exact) mass is 264 g/mol. The number of hydrogen-bond acceptors (Lipinski definition) is 2. The van der Waals surface area contributed by atoms with Gasteiger partial charge in [-0.2, -0.15) is 0 Å². The van der Waals surface area contributed by atoms with Gasteiger partial charge in [-0.05, 0) is 45.2 Å². The largest absolute Gasteiger partial charge is 0.329 e. The van der Waals surface area contributed by atoms with Gasteiger partial charge in [0.15, 0.2) is 0 Å². The highest BCUT2D eigenvalue weighted by Crippen LogP contribution is 2.32. The van der Waals surface area contributed by atoms with Gasteiger partial charge in [0.25, 0.3) is 0 Å². The SMILES string of the molecule is Cc1ccc(F)c(C(CN)N2CCCC(C)C2C)c1. The fourth-order valence-corrected chi connectivity index (χ4v) is 3.17. The van der Waals surface area contributed by atoms with Crippen LogP contribution in [0.5, 0.6) is 0 Å². The second-order valence-electron chi connectivity index (χ2n) is 5.87. The van der Waals surface area contributed by atoms with Crippen molar-refractivity contribution in [3.05, 3.63) is 35.1 Å². The van der Waals surface area contributed by atoms with Crippen molar-refractivity contribution in [2.75, 3.05) is 13.1 Å². The summed E-state index contributed by atoms with van der Waals surface area (Å²) in [5, 5.41) is 0. The van der Waals surface area contributed by atoms with Crippen LogP contribution in [-0.4, -0.2) is 24.0 Å². The molecule has 1 aliphatic heterocycles. The van der Waals surface area contributed by atoms with Gasteiger partial charge < -0.3 is 5.73 Å². The van der Waals surface area contributed by atoms with Crippen molar-refractivity contribution in [1.82, 2.24) is 4.90 Å². The predicted octanol–water partition coefficient (Wildman–Crippen LogP) is 3.25. The van der Waals surface area contributed by atoms with Gasteiger partial charge in [-0.3, -0.25) is 4.90 Å². The van der Waals surface area contributed by atoms with Gasteiger partial charge >= 0.3 is 0 Å². The lowest BCUT2D eigenvalue weighted by Gasteiger charge is -2.43. The fraction of sp³-hybridized carbons (Fsp3) is 0.625. The smallest absolute Gasteiger partial charge is 0.128 e. The van der Waals surface area contributed by atoms with Crippen molar-refractivity contribution in [1.29, 1.82) is 0 Å². The quantitative estimate of drug-likeness (QED) is 0.908. The Labute approximate surface area is 115 Å². The molecule has 1 aromatic rings. The van der Waals surface area contributed by atoms with Crippen LogP contribution in [0.4, 0.5) is 4.39 Å². The standard InChI is InChI=1S/C16H25FN2/c1-11-6-7-15(17)14(9-11)16(10-18)19-8-4-5-12(2)13(19)3/h6-7,9,12-13,16H,4-5,8,10,18H2,1-3H3. The highest BCUT2D eigenvalue weighted by atomic mass is 19.1. The molecule has 2 N–H and O–H groups in total. The van der Waals surface area contributed by atoms with Gasteiger partial charge in [-0.25, -0.2) is 4.39 Å². The summed E-state index contributed by atoms with van der Waals surface area (Å²) in [7, 11) is 0. The molecule has 0 aromatic heterocycles. The Hall–Kier alpha value is -0.930. The molecule has 3 atom stereocenters. The van der Waals surface area contributed by atoms with E-state index in [9.17, 15) is 4.39 Å². The molecular weight excluding hydrogens is 239 g/mol. The first-order valence-corrected chi connectivity index (χ1v) is 7.26. The van der Waals surface area contributed by atoms with Crippen molar-refractivity contribution in [3.8, 4) is 0 Å². The van der Waals surface area contributed by atoms with Gasteiger partial charge in [-0.15, -0.1) is 0 Å². The van der Waals surface area contributed by atoms with Crippen molar-refractivity contribution in [2.24, 2.45) is 11.7 Å². The number of nitrogens with zero attached hydrogens (tertiary/aromatic N) is 1. The number of benzene rings is 1. The number of nitrogens with two attached hydrogens (primary N) is 1. The first-order valence-electron chi connectivity index (χ1n) is 7.26. The highest BCUT2D eigenvalue weighted by Gasteiger charge is 2.31. The normalized spacial score (nSPS) is 26.4. The van der Waals surface area contributed by atoms with Crippen LogP contribution in [0.25, 0.3) is 0 Å². The summed E-state index contributed by atoms with van der Waals surface area (Å²) in [6.07, 6.45) is 2.43. The van der Waals surface area contributed by atoms with Crippen LogP contribution >= 0.6 is 0 Å². The van der Waals surface area contributed by atoms with Gasteiger partial charge in [0, 0.05) is 18.2 Å². The Morgan fingerprint density at radius 3 is 2.84 bits per heavy atom. The Morgan fingerprint density at radius 1 is 1.42 bits per heavy atom. The van der Waals surface area contributed by atoms with E-state index in [4.69, 9.17) is 5.73 Å². The van der Waals surface area contributed by atoms with E-state index in [1.807, 2.05) is 19.1 Å². The van der Waals surface area contributed by atoms with E-state index in [1.165, 1.54) is 12.8 Å². The van der Waals surface area contributed by atoms with Crippen LogP contribution in [0.3, 0.4) is 0 Å². The molecule has 1 heterocycles. The Kier molecular flexibility index (Phi) is 4.58. The Balaban J connectivity index is 2.30. The molecule has 19 heavy (non-hydrogen) atoms. The average molecular weight is 264 g/mol. The number of halogens is 1. The Morgan fingerprint density at radius 2 is 2.16 bits per heavy atom. The molecule has 0 saturated carbocycles. The van der Waals surface area contributed by atoms with Crippen LogP contribution in [0, 0.1) is 18.7 Å². The average Bonchev–Trinajstić information content (AvgIpc) is 2.39. The summed E-state index contributed by atoms with van der Waals surface area (Å²) >= 11 is 0. The van der Waals surface area contributed by atoms with Gasteiger partial charge in [0.2, 0.25) is 0 Å². The van der Waals surface area contributed by atoms with E-state index in [1.54, 1.807) is 6.07 Å². The van der Waals surface area contributed by atoms with Crippen LogP contribution < -0.4 is 5.73 Å². The van der Waals surface area contributed by atoms with Gasteiger partial charge in [0.1, 0.15) is 5.82 Å². The number of likely N-dealkylation sites (tertiary alicyclic amines) is 1. The molecular formula is C16H25FN2. The van der Waals surface area contributed by atoms with Crippen LogP contribution in [0.2, 0.25) is 0 Å². The molecule has 1 fully saturated rings. The maximum atomic E-state index is 14.1. The van der Waals surface area contributed by atoms with Crippen LogP contribution in [-0.2, 0) is 0 Å². The molecule has 0 spiro atoms. The maximum absolute atomic E-state index is 14.1. The van der Waals surface area contributed by atoms with E-state index in [0.717, 1.165) is 17.7 Å². The lowest BCUT2D eigenvalue weighted by molar-refractivity contribution is 0.0694. The third-order valence-corrected chi connectivity index (χ3v) is 4.56. The van der Waals surface area contributed by atoms with E-state index >= 15 is 0 Å². The second kappa shape index (κ2) is 6.02. The third kappa shape index (κ3) is 2.98. The molecule has 1 aliphatic rings. The predicted molar refractivity (Wildman–Crippen MR) is 77.5 cm³/mol. The fourth-order valence-electron chi connectivity index (χ4n) is 3.17. The molecule has 2 rings (SSSR count). The van der Waals surface area contributed by atoms with E-state index in [2.05, 4.69) is 18.7 Å². The first-order chi connectivity index (χ1) is 9.04. The molecule has 1 saturated heterocycles. The molecule has 106 valence electrons. The molecule has 1 aromatic carbocycles. The minimum absolute atomic E-state index is 0.00218. The molecule has 3 unspecified atom stereocenters. The molecule has 0 amide bonds. The molecule has 0 radical (unpaired) electrons. The molecule has 3 heteroatoms. The summed E-state index contributed by atoms with van der Waals surface area (Å²) in [6, 6.07) is 5.78. The molecule has 0 aliphatic carbocycles. The summed E-state index contributed by atoms with van der Waals surface area (Å²) in [4.78, 5) is 2.38. The minimum Gasteiger partial charge on any atom is -0.329 e.